The average Bonchev–Trinajstić information content (AvgIpc) is 0.952. The zero-order valence-corrected chi connectivity index (χ0v) is 73.9. The summed E-state index contributed by atoms with van der Waals surface area (Å²) in [6.45, 7) is 21.6. The van der Waals surface area contributed by atoms with Gasteiger partial charge in [-0.25, -0.2) is 0 Å². The molecule has 4 N–H and O–H groups in total. The van der Waals surface area contributed by atoms with Crippen LogP contribution in [-0.2, 0) is 92.8 Å². The molecule has 0 saturated carbocycles. The number of hydrogen-bond donors (Lipinski definition) is 4. The molecule has 6 rings (SSSR count). The number of aliphatic hydroxyl groups excluding tert-OH is 1. The third-order valence-corrected chi connectivity index (χ3v) is 23.7. The quantitative estimate of drug-likeness (QED) is 0.0509. The van der Waals surface area contributed by atoms with Gasteiger partial charge in [0.1, 0.15) is 66.2 Å². The number of likely N-dealkylation sites (N-methyl/N-ethyl adjacent to an activating group) is 8. The number of carbonyl (C=O) groups is 14. The van der Waals surface area contributed by atoms with E-state index in [1.165, 1.54) is 107 Å². The fraction of sp³-hybridized carbons (Fsp3) is 0.587. The molecule has 27 heteroatoms. The molecule has 2 saturated heterocycles. The number of likely N-dealkylation sites (tertiary alicyclic amines) is 1. The monoisotopic (exact) mass is 1650 g/mol. The van der Waals surface area contributed by atoms with E-state index in [0.29, 0.717) is 41.8 Å². The maximum absolute atomic E-state index is 16.1. The van der Waals surface area contributed by atoms with Gasteiger partial charge in [0.2, 0.25) is 70.9 Å². The minimum atomic E-state index is -1.86. The fourth-order valence-electron chi connectivity index (χ4n) is 15.8. The lowest BCUT2D eigenvalue weighted by Crippen LogP contribution is -2.62. The van der Waals surface area contributed by atoms with Crippen LogP contribution >= 0.6 is 0 Å². The number of hydrogen-bond acceptors (Lipinski definition) is 15. The van der Waals surface area contributed by atoms with E-state index >= 15 is 52.7 Å². The first-order valence-electron chi connectivity index (χ1n) is 42.3. The van der Waals surface area contributed by atoms with Crippen molar-refractivity contribution in [1.29, 1.82) is 0 Å². The smallest absolute Gasteiger partial charge is 0.248 e. The number of nitrogens with zero attached hydrogens (tertiary/aromatic N) is 9. The van der Waals surface area contributed by atoms with Gasteiger partial charge in [-0.1, -0.05) is 197 Å². The molecule has 0 unspecified atom stereocenters. The largest absolute Gasteiger partial charge is 0.391 e. The molecule has 652 valence electrons. The third-order valence-electron chi connectivity index (χ3n) is 23.7. The highest BCUT2D eigenvalue weighted by Crippen LogP contribution is 2.28. The van der Waals surface area contributed by atoms with Crippen molar-refractivity contribution in [1.82, 2.24) is 60.0 Å². The topological polar surface area (TPSA) is 324 Å². The summed E-state index contributed by atoms with van der Waals surface area (Å²) in [5.41, 5.74) is 2.53. The molecule has 2 fully saturated rings. The maximum Gasteiger partial charge on any atom is 0.248 e. The van der Waals surface area contributed by atoms with Gasteiger partial charge in [-0.3, -0.25) is 67.1 Å². The Bertz CT molecular complexity index is 4090. The summed E-state index contributed by atoms with van der Waals surface area (Å²) in [5, 5.41) is 19.8. The first kappa shape index (κ1) is 97.6. The first-order chi connectivity index (χ1) is 56.1. The standard InChI is InChI=1S/C92H134N12O15/c1-21-60(8)79-91(118)96(13)63(11)85(112)100(17)74(48-58(4)5)88(115)103(20)77(55-68-43-33-25-34-44-68)90(117)102(19)75(49-59(6)7)87(114)98(15)72(47-57(2)3)82(109)93-70(56-69(106)50-61(9)81(108)95-80(64(12)105)92(119)99(16)73(83(110)94-79)53-66-39-29-23-30-40-66)86(113)101(18)76(54-67-41-31-24-32-42-67)89(116)97(14)71(52-65-37-27-22-28-38-65)78(107)51-62(10)84(111)104-45-35-26-36-46-104/h22-25,27-34,37-44,57-64,70-77,79-80,105H,21,26,35-36,45-56H2,1-20H3,(H,93,109)(H,94,110)(H,95,108)/t60-,61+,62+,63-,64+,70-,71-,72-,73-,74-,75-,76-,77-,79-,80-/m0/s1. The van der Waals surface area contributed by atoms with E-state index in [1.54, 1.807) is 122 Å². The van der Waals surface area contributed by atoms with E-state index < -0.39 is 180 Å². The van der Waals surface area contributed by atoms with Crippen LogP contribution in [0.5, 0.6) is 0 Å². The van der Waals surface area contributed by atoms with Gasteiger partial charge in [0.25, 0.3) is 0 Å². The Morgan fingerprint density at radius 2 is 0.840 bits per heavy atom. The van der Waals surface area contributed by atoms with Crippen molar-refractivity contribution in [2.24, 2.45) is 35.5 Å². The Morgan fingerprint density at radius 3 is 1.31 bits per heavy atom. The SMILES string of the molecule is CC[C@H](C)[C@@H]1NC(=O)[C@H](Cc2ccccc2)N(C)C(=O)[C@H]([C@@H](C)O)NC(=O)[C@H](C)CC(=O)C[C@@H](C(=O)N(C)[C@@H](Cc2ccccc2)C(=O)N(C)[C@@H](Cc2ccccc2)C(=O)C[C@@H](C)C(=O)N2CCCCC2)NC(=O)[C@H](CC(C)C)N(C)C(=O)[C@H](CC(C)C)N(C)C(=O)[C@H](Cc2ccccc2)N(C)C(=O)[C@H](CC(C)C)N(C)C(=O)[C@H](C)N(C)C1=O. The second kappa shape index (κ2) is 45.8. The van der Waals surface area contributed by atoms with Gasteiger partial charge in [-0.05, 0) is 105 Å². The summed E-state index contributed by atoms with van der Waals surface area (Å²) in [6, 6.07) is 19.9. The Kier molecular flexibility index (Phi) is 37.6. The Labute approximate surface area is 705 Å². The average molecular weight is 1650 g/mol. The number of aliphatic hydroxyl groups is 1. The molecule has 2 heterocycles. The summed E-state index contributed by atoms with van der Waals surface area (Å²) in [6.07, 6.45) is -0.514. The summed E-state index contributed by atoms with van der Waals surface area (Å²) < 4.78 is 0. The van der Waals surface area contributed by atoms with Crippen LogP contribution in [0.25, 0.3) is 0 Å². The van der Waals surface area contributed by atoms with Crippen LogP contribution < -0.4 is 16.0 Å². The highest BCUT2D eigenvalue weighted by Gasteiger charge is 2.46. The number of rotatable bonds is 25. The Balaban J connectivity index is 1.54. The highest BCUT2D eigenvalue weighted by molar-refractivity contribution is 6.02. The molecule has 2 aliphatic rings. The van der Waals surface area contributed by atoms with Gasteiger partial charge < -0.3 is 65.2 Å². The molecule has 0 aliphatic carbocycles. The number of Topliss-reactive ketones (excluding diaryl/α,β-unsaturated/α-hetero) is 2. The number of piperidine rings is 1. The lowest BCUT2D eigenvalue weighted by Gasteiger charge is -2.40. The van der Waals surface area contributed by atoms with Crippen molar-refractivity contribution in [3.05, 3.63) is 144 Å². The lowest BCUT2D eigenvalue weighted by molar-refractivity contribution is -0.156. The van der Waals surface area contributed by atoms with E-state index in [1.807, 2.05) is 66.7 Å². The van der Waals surface area contributed by atoms with Gasteiger partial charge >= 0.3 is 0 Å². The lowest BCUT2D eigenvalue weighted by atomic mass is 9.92. The molecule has 0 aromatic heterocycles. The maximum atomic E-state index is 16.1. The fourth-order valence-corrected chi connectivity index (χ4v) is 15.8. The van der Waals surface area contributed by atoms with Crippen molar-refractivity contribution in [2.45, 2.75) is 246 Å². The predicted octanol–water partition coefficient (Wildman–Crippen LogP) is 7.22. The number of nitrogens with one attached hydrogen (secondary N) is 3. The van der Waals surface area contributed by atoms with E-state index in [0.717, 1.165) is 29.1 Å². The molecule has 0 spiro atoms. The Hall–Kier alpha value is -10.2. The number of carbonyl (C=O) groups excluding carboxylic acids is 14. The van der Waals surface area contributed by atoms with Gasteiger partial charge in [-0.15, -0.1) is 0 Å². The zero-order valence-electron chi connectivity index (χ0n) is 73.9. The van der Waals surface area contributed by atoms with Crippen LogP contribution in [0, 0.1) is 35.5 Å². The summed E-state index contributed by atoms with van der Waals surface area (Å²) in [4.78, 5) is 226. The van der Waals surface area contributed by atoms with Gasteiger partial charge in [0.15, 0.2) is 5.78 Å². The summed E-state index contributed by atoms with van der Waals surface area (Å²) in [7, 11) is 11.3. The van der Waals surface area contributed by atoms with Crippen molar-refractivity contribution in [3.63, 3.8) is 0 Å². The summed E-state index contributed by atoms with van der Waals surface area (Å²) >= 11 is 0. The molecule has 119 heavy (non-hydrogen) atoms. The Morgan fingerprint density at radius 1 is 0.445 bits per heavy atom. The van der Waals surface area contributed by atoms with Crippen LogP contribution in [0.2, 0.25) is 0 Å². The van der Waals surface area contributed by atoms with Gasteiger partial charge in [-0.2, -0.15) is 0 Å². The van der Waals surface area contributed by atoms with Gasteiger partial charge in [0, 0.05) is 120 Å². The molecule has 12 amide bonds. The van der Waals surface area contributed by atoms with Crippen LogP contribution in [0.3, 0.4) is 0 Å². The summed E-state index contributed by atoms with van der Waals surface area (Å²) in [5.74, 6) is -13.4. The normalized spacial score (nSPS) is 23.5. The van der Waals surface area contributed by atoms with E-state index in [4.69, 9.17) is 0 Å². The predicted molar refractivity (Wildman–Crippen MR) is 457 cm³/mol. The molecular weight excluding hydrogens is 1510 g/mol. The van der Waals surface area contributed by atoms with Crippen molar-refractivity contribution in [3.8, 4) is 0 Å². The number of benzene rings is 4. The molecule has 15 atom stereocenters. The van der Waals surface area contributed by atoms with Crippen molar-refractivity contribution < 1.29 is 72.2 Å². The molecule has 4 aromatic rings. The van der Waals surface area contributed by atoms with Crippen LogP contribution in [0.4, 0.5) is 0 Å². The minimum absolute atomic E-state index is 0.0337. The molecule has 0 bridgehead atoms. The van der Waals surface area contributed by atoms with Crippen LogP contribution in [-0.4, -0.2) is 274 Å². The number of amides is 12. The van der Waals surface area contributed by atoms with E-state index in [-0.39, 0.29) is 75.0 Å². The minimum Gasteiger partial charge on any atom is -0.391 e. The second-order valence-corrected chi connectivity index (χ2v) is 34.5. The number of ketones is 2. The molecular formula is C92H134N12O15. The molecule has 2 aliphatic heterocycles. The molecule has 27 nitrogen and oxygen atoms in total. The van der Waals surface area contributed by atoms with E-state index in [9.17, 15) is 19.5 Å². The van der Waals surface area contributed by atoms with Gasteiger partial charge in [0.05, 0.1) is 12.1 Å². The van der Waals surface area contributed by atoms with Crippen molar-refractivity contribution >= 4 is 82.5 Å². The second-order valence-electron chi connectivity index (χ2n) is 34.5. The molecule has 4 aromatic carbocycles. The third kappa shape index (κ3) is 26.9. The van der Waals surface area contributed by atoms with E-state index in [2.05, 4.69) is 16.0 Å². The molecule has 0 radical (unpaired) electrons. The zero-order chi connectivity index (χ0) is 88.6. The highest BCUT2D eigenvalue weighted by atomic mass is 16.3. The van der Waals surface area contributed by atoms with Crippen molar-refractivity contribution in [2.75, 3.05) is 69.5 Å². The first-order valence-corrected chi connectivity index (χ1v) is 42.3. The van der Waals surface area contributed by atoms with Crippen LogP contribution in [0.1, 0.15) is 170 Å². The van der Waals surface area contributed by atoms with Crippen LogP contribution in [0.15, 0.2) is 121 Å².